The van der Waals surface area contributed by atoms with Crippen LogP contribution in [0.15, 0.2) is 107 Å². The number of nitrogens with zero attached hydrogens (tertiary/aromatic N) is 1. The average Bonchev–Trinajstić information content (AvgIpc) is 2.89. The van der Waals surface area contributed by atoms with Gasteiger partial charge in [-0.3, -0.25) is 9.52 Å². The van der Waals surface area contributed by atoms with Gasteiger partial charge in [0, 0.05) is 16.3 Å². The minimum atomic E-state index is -3.72. The fraction of sp³-hybridized carbons (Fsp3) is 0.0714. The van der Waals surface area contributed by atoms with E-state index in [1.165, 1.54) is 30.5 Å². The number of hydrogen-bond acceptors (Lipinski definition) is 5. The third-order valence-corrected chi connectivity index (χ3v) is 6.96. The number of halogens is 1. The van der Waals surface area contributed by atoms with Crippen LogP contribution < -0.4 is 14.9 Å². The van der Waals surface area contributed by atoms with Crippen LogP contribution in [0.2, 0.25) is 5.02 Å². The number of hydrazone groups is 1. The second kappa shape index (κ2) is 11.7. The zero-order valence-corrected chi connectivity index (χ0v) is 21.5. The van der Waals surface area contributed by atoms with Gasteiger partial charge in [0.2, 0.25) is 0 Å². The van der Waals surface area contributed by atoms with Crippen LogP contribution in [0.25, 0.3) is 0 Å². The van der Waals surface area contributed by atoms with Crippen molar-refractivity contribution in [2.75, 3.05) is 4.72 Å². The van der Waals surface area contributed by atoms with Gasteiger partial charge >= 0.3 is 0 Å². The average molecular weight is 534 g/mol. The molecule has 0 saturated heterocycles. The molecule has 4 rings (SSSR count). The van der Waals surface area contributed by atoms with E-state index in [0.29, 0.717) is 28.6 Å². The lowest BCUT2D eigenvalue weighted by Gasteiger charge is -2.09. The van der Waals surface area contributed by atoms with Crippen molar-refractivity contribution in [1.82, 2.24) is 5.43 Å². The molecular formula is C28H24ClN3O4S. The van der Waals surface area contributed by atoms with Crippen molar-refractivity contribution >= 4 is 39.4 Å². The Labute approximate surface area is 220 Å². The highest BCUT2D eigenvalue weighted by molar-refractivity contribution is 7.92. The standard InChI is InChI=1S/C28H24ClN3O4S/c1-20-2-16-27(17-3-20)37(34,35)32-25-12-8-23(9-13-25)28(33)31-30-18-21-6-14-26(15-7-21)36-19-22-4-10-24(29)11-5-22/h2-18,32H,19H2,1H3,(H,31,33)/b30-18-. The highest BCUT2D eigenvalue weighted by atomic mass is 35.5. The molecule has 9 heteroatoms. The van der Waals surface area contributed by atoms with E-state index in [1.807, 2.05) is 55.5 Å². The predicted molar refractivity (Wildman–Crippen MR) is 146 cm³/mol. The Bertz CT molecular complexity index is 1490. The molecule has 0 atom stereocenters. The molecule has 0 spiro atoms. The normalized spacial score (nSPS) is 11.3. The second-order valence-electron chi connectivity index (χ2n) is 8.18. The maximum absolute atomic E-state index is 12.5. The van der Waals surface area contributed by atoms with E-state index in [-0.39, 0.29) is 4.90 Å². The first kappa shape index (κ1) is 25.9. The van der Waals surface area contributed by atoms with Crippen molar-refractivity contribution < 1.29 is 17.9 Å². The van der Waals surface area contributed by atoms with Crippen LogP contribution >= 0.6 is 11.6 Å². The molecule has 0 saturated carbocycles. The van der Waals surface area contributed by atoms with Gasteiger partial charge in [-0.1, -0.05) is 41.4 Å². The van der Waals surface area contributed by atoms with Crippen molar-refractivity contribution in [2.45, 2.75) is 18.4 Å². The number of carbonyl (C=O) groups excluding carboxylic acids is 1. The Kier molecular flexibility index (Phi) is 8.22. The first-order valence-corrected chi connectivity index (χ1v) is 13.1. The topological polar surface area (TPSA) is 96.9 Å². The van der Waals surface area contributed by atoms with Gasteiger partial charge in [0.15, 0.2) is 0 Å². The van der Waals surface area contributed by atoms with Gasteiger partial charge in [-0.25, -0.2) is 13.8 Å². The molecule has 2 N–H and O–H groups in total. The molecule has 0 aliphatic rings. The first-order chi connectivity index (χ1) is 17.8. The van der Waals surface area contributed by atoms with Crippen molar-refractivity contribution in [3.8, 4) is 5.75 Å². The maximum atomic E-state index is 12.5. The summed E-state index contributed by atoms with van der Waals surface area (Å²) in [6, 6.07) is 27.3. The smallest absolute Gasteiger partial charge is 0.271 e. The number of carbonyl (C=O) groups is 1. The number of aryl methyl sites for hydroxylation is 1. The largest absolute Gasteiger partial charge is 0.489 e. The lowest BCUT2D eigenvalue weighted by molar-refractivity contribution is 0.0955. The number of amides is 1. The van der Waals surface area contributed by atoms with E-state index >= 15 is 0 Å². The second-order valence-corrected chi connectivity index (χ2v) is 10.3. The van der Waals surface area contributed by atoms with Crippen molar-refractivity contribution in [2.24, 2.45) is 5.10 Å². The van der Waals surface area contributed by atoms with Crippen molar-refractivity contribution in [1.29, 1.82) is 0 Å². The van der Waals surface area contributed by atoms with E-state index < -0.39 is 15.9 Å². The van der Waals surface area contributed by atoms with Crippen LogP contribution in [-0.4, -0.2) is 20.5 Å². The van der Waals surface area contributed by atoms with E-state index in [1.54, 1.807) is 24.3 Å². The molecule has 0 heterocycles. The Hall–Kier alpha value is -4.14. The molecule has 0 aliphatic heterocycles. The summed E-state index contributed by atoms with van der Waals surface area (Å²) in [4.78, 5) is 12.6. The molecule has 7 nitrogen and oxygen atoms in total. The molecule has 37 heavy (non-hydrogen) atoms. The molecule has 188 valence electrons. The number of rotatable bonds is 9. The molecular weight excluding hydrogens is 510 g/mol. The van der Waals surface area contributed by atoms with Gasteiger partial charge in [-0.05, 0) is 90.8 Å². The van der Waals surface area contributed by atoms with Gasteiger partial charge in [0.25, 0.3) is 15.9 Å². The van der Waals surface area contributed by atoms with Gasteiger partial charge in [0.05, 0.1) is 11.1 Å². The Morgan fingerprint density at radius 3 is 2.19 bits per heavy atom. The number of hydrogen-bond donors (Lipinski definition) is 2. The first-order valence-electron chi connectivity index (χ1n) is 11.3. The summed E-state index contributed by atoms with van der Waals surface area (Å²) in [5, 5.41) is 4.67. The highest BCUT2D eigenvalue weighted by Crippen LogP contribution is 2.18. The van der Waals surface area contributed by atoms with Crippen LogP contribution in [-0.2, 0) is 16.6 Å². The predicted octanol–water partition coefficient (Wildman–Crippen LogP) is 5.79. The summed E-state index contributed by atoms with van der Waals surface area (Å²) in [7, 11) is -3.72. The number of ether oxygens (including phenoxy) is 1. The van der Waals surface area contributed by atoms with Gasteiger partial charge in [0.1, 0.15) is 12.4 Å². The summed E-state index contributed by atoms with van der Waals surface area (Å²) in [5.41, 5.74) is 5.90. The maximum Gasteiger partial charge on any atom is 0.271 e. The third-order valence-electron chi connectivity index (χ3n) is 5.31. The van der Waals surface area contributed by atoms with Crippen molar-refractivity contribution in [3.63, 3.8) is 0 Å². The summed E-state index contributed by atoms with van der Waals surface area (Å²) >= 11 is 5.89. The lowest BCUT2D eigenvalue weighted by atomic mass is 10.2. The zero-order chi connectivity index (χ0) is 26.3. The zero-order valence-electron chi connectivity index (χ0n) is 19.9. The lowest BCUT2D eigenvalue weighted by Crippen LogP contribution is -2.18. The van der Waals surface area contributed by atoms with Crippen LogP contribution in [0.5, 0.6) is 5.75 Å². The third kappa shape index (κ3) is 7.42. The van der Waals surface area contributed by atoms with Crippen LogP contribution in [0, 0.1) is 6.92 Å². The number of sulfonamides is 1. The monoisotopic (exact) mass is 533 g/mol. The van der Waals surface area contributed by atoms with E-state index in [2.05, 4.69) is 15.2 Å². The summed E-state index contributed by atoms with van der Waals surface area (Å²) in [6.07, 6.45) is 1.52. The fourth-order valence-corrected chi connectivity index (χ4v) is 4.43. The SMILES string of the molecule is Cc1ccc(S(=O)(=O)Nc2ccc(C(=O)N/N=C\c3ccc(OCc4ccc(Cl)cc4)cc3)cc2)cc1. The molecule has 4 aromatic carbocycles. The van der Waals surface area contributed by atoms with Gasteiger partial charge in [-0.15, -0.1) is 0 Å². The quantitative estimate of drug-likeness (QED) is 0.210. The van der Waals surface area contributed by atoms with E-state index in [4.69, 9.17) is 16.3 Å². The van der Waals surface area contributed by atoms with Crippen LogP contribution in [0.3, 0.4) is 0 Å². The van der Waals surface area contributed by atoms with Crippen LogP contribution in [0.4, 0.5) is 5.69 Å². The Morgan fingerprint density at radius 1 is 0.892 bits per heavy atom. The highest BCUT2D eigenvalue weighted by Gasteiger charge is 2.14. The van der Waals surface area contributed by atoms with E-state index in [9.17, 15) is 13.2 Å². The van der Waals surface area contributed by atoms with Crippen molar-refractivity contribution in [3.05, 3.63) is 124 Å². The molecule has 0 radical (unpaired) electrons. The molecule has 0 fully saturated rings. The minimum Gasteiger partial charge on any atom is -0.489 e. The molecule has 0 bridgehead atoms. The molecule has 0 aliphatic carbocycles. The summed E-state index contributed by atoms with van der Waals surface area (Å²) in [5.74, 6) is 0.279. The number of anilines is 1. The number of nitrogens with one attached hydrogen (secondary N) is 2. The van der Waals surface area contributed by atoms with Gasteiger partial charge in [-0.2, -0.15) is 5.10 Å². The summed E-state index contributed by atoms with van der Waals surface area (Å²) in [6.45, 7) is 2.31. The van der Waals surface area contributed by atoms with E-state index in [0.717, 1.165) is 16.7 Å². The Balaban J connectivity index is 1.28. The molecule has 0 aromatic heterocycles. The minimum absolute atomic E-state index is 0.162. The molecule has 4 aromatic rings. The molecule has 1 amide bonds. The Morgan fingerprint density at radius 2 is 1.54 bits per heavy atom. The number of benzene rings is 4. The molecule has 0 unspecified atom stereocenters. The van der Waals surface area contributed by atoms with Crippen LogP contribution in [0.1, 0.15) is 27.0 Å². The summed E-state index contributed by atoms with van der Waals surface area (Å²) < 4.78 is 33.3. The fourth-order valence-electron chi connectivity index (χ4n) is 3.25. The van der Waals surface area contributed by atoms with Gasteiger partial charge < -0.3 is 4.74 Å².